The van der Waals surface area contributed by atoms with Gasteiger partial charge in [0.25, 0.3) is 0 Å². The maximum Gasteiger partial charge on any atom is 0.0547 e. The smallest absolute Gasteiger partial charge is 0.0547 e. The molecule has 1 aliphatic carbocycles. The second-order valence-electron chi connectivity index (χ2n) is 4.54. The lowest BCUT2D eigenvalue weighted by Crippen LogP contribution is -2.16. The fraction of sp³-hybridized carbons (Fsp3) is 0.583. The SMILES string of the molecule is CNc1cncc(NCC2(CCO)CC2)c1. The van der Waals surface area contributed by atoms with Crippen LogP contribution in [0.3, 0.4) is 0 Å². The van der Waals surface area contributed by atoms with E-state index in [0.717, 1.165) is 24.3 Å². The Hall–Kier alpha value is -1.29. The van der Waals surface area contributed by atoms with Crippen LogP contribution in [0.2, 0.25) is 0 Å². The van der Waals surface area contributed by atoms with Gasteiger partial charge in [-0.25, -0.2) is 0 Å². The molecule has 0 bridgehead atoms. The highest BCUT2D eigenvalue weighted by Gasteiger charge is 2.41. The molecule has 1 aromatic heterocycles. The molecule has 0 radical (unpaired) electrons. The van der Waals surface area contributed by atoms with Crippen LogP contribution in [-0.4, -0.2) is 30.3 Å². The van der Waals surface area contributed by atoms with Crippen molar-refractivity contribution in [2.75, 3.05) is 30.8 Å². The van der Waals surface area contributed by atoms with Crippen molar-refractivity contribution < 1.29 is 5.11 Å². The van der Waals surface area contributed by atoms with E-state index in [1.165, 1.54) is 12.8 Å². The van der Waals surface area contributed by atoms with Gasteiger partial charge in [0.15, 0.2) is 0 Å². The maximum atomic E-state index is 8.97. The van der Waals surface area contributed by atoms with Crippen molar-refractivity contribution in [2.24, 2.45) is 5.41 Å². The summed E-state index contributed by atoms with van der Waals surface area (Å²) in [7, 11) is 1.88. The quantitative estimate of drug-likeness (QED) is 0.684. The molecule has 3 N–H and O–H groups in total. The molecule has 4 heteroatoms. The van der Waals surface area contributed by atoms with Gasteiger partial charge in [-0.15, -0.1) is 0 Å². The van der Waals surface area contributed by atoms with Crippen LogP contribution in [0.5, 0.6) is 0 Å². The first kappa shape index (κ1) is 11.2. The number of rotatable bonds is 6. The Labute approximate surface area is 96.1 Å². The molecule has 1 saturated carbocycles. The monoisotopic (exact) mass is 221 g/mol. The second-order valence-corrected chi connectivity index (χ2v) is 4.54. The summed E-state index contributed by atoms with van der Waals surface area (Å²) in [5.74, 6) is 0. The standard InChI is InChI=1S/C12H19N3O/c1-13-10-6-11(8-14-7-10)15-9-12(2-3-12)4-5-16/h6-8,13,15-16H,2-5,9H2,1H3. The van der Waals surface area contributed by atoms with Gasteiger partial charge in [0.05, 0.1) is 23.8 Å². The molecule has 1 heterocycles. The lowest BCUT2D eigenvalue weighted by Gasteiger charge is -2.15. The van der Waals surface area contributed by atoms with Gasteiger partial charge in [-0.1, -0.05) is 0 Å². The zero-order valence-corrected chi connectivity index (χ0v) is 9.66. The molecule has 2 rings (SSSR count). The molecule has 0 amide bonds. The first-order valence-electron chi connectivity index (χ1n) is 5.76. The highest BCUT2D eigenvalue weighted by molar-refractivity contribution is 5.53. The van der Waals surface area contributed by atoms with E-state index in [1.807, 2.05) is 19.3 Å². The summed E-state index contributed by atoms with van der Waals surface area (Å²) in [5.41, 5.74) is 2.39. The molecule has 1 aromatic rings. The molecule has 16 heavy (non-hydrogen) atoms. The van der Waals surface area contributed by atoms with Crippen LogP contribution < -0.4 is 10.6 Å². The molecule has 4 nitrogen and oxygen atoms in total. The third-order valence-electron chi connectivity index (χ3n) is 3.29. The van der Waals surface area contributed by atoms with Crippen LogP contribution >= 0.6 is 0 Å². The number of aliphatic hydroxyl groups is 1. The molecule has 0 aromatic carbocycles. The number of hydrogen-bond donors (Lipinski definition) is 3. The van der Waals surface area contributed by atoms with Crippen LogP contribution in [0.15, 0.2) is 18.5 Å². The van der Waals surface area contributed by atoms with Crippen molar-refractivity contribution in [3.63, 3.8) is 0 Å². The second kappa shape index (κ2) is 4.70. The fourth-order valence-electron chi connectivity index (χ4n) is 1.89. The van der Waals surface area contributed by atoms with E-state index in [4.69, 9.17) is 5.11 Å². The van der Waals surface area contributed by atoms with Gasteiger partial charge in [-0.2, -0.15) is 0 Å². The molecule has 0 spiro atoms. The molecule has 0 aliphatic heterocycles. The van der Waals surface area contributed by atoms with Crippen LogP contribution in [0.4, 0.5) is 11.4 Å². The lowest BCUT2D eigenvalue weighted by atomic mass is 10.0. The maximum absolute atomic E-state index is 8.97. The van der Waals surface area contributed by atoms with E-state index in [9.17, 15) is 0 Å². The summed E-state index contributed by atoms with van der Waals surface area (Å²) in [4.78, 5) is 4.15. The Bertz CT molecular complexity index is 350. The molecule has 0 saturated heterocycles. The Morgan fingerprint density at radius 3 is 2.75 bits per heavy atom. The molecule has 1 aliphatic rings. The fourth-order valence-corrected chi connectivity index (χ4v) is 1.89. The Morgan fingerprint density at radius 1 is 1.38 bits per heavy atom. The molecule has 0 atom stereocenters. The first-order chi connectivity index (χ1) is 7.78. The molecule has 1 fully saturated rings. The van der Waals surface area contributed by atoms with E-state index in [2.05, 4.69) is 15.6 Å². The minimum Gasteiger partial charge on any atom is -0.396 e. The van der Waals surface area contributed by atoms with Crippen molar-refractivity contribution in [3.8, 4) is 0 Å². The molecular formula is C12H19N3O. The number of aliphatic hydroxyl groups excluding tert-OH is 1. The molecule has 88 valence electrons. The van der Waals surface area contributed by atoms with E-state index in [-0.39, 0.29) is 6.61 Å². The summed E-state index contributed by atoms with van der Waals surface area (Å²) in [6.45, 7) is 1.22. The highest BCUT2D eigenvalue weighted by Crippen LogP contribution is 2.48. The van der Waals surface area contributed by atoms with Crippen molar-refractivity contribution in [1.82, 2.24) is 4.98 Å². The zero-order chi connectivity index (χ0) is 11.4. The highest BCUT2D eigenvalue weighted by atomic mass is 16.3. The van der Waals surface area contributed by atoms with Crippen LogP contribution in [-0.2, 0) is 0 Å². The number of hydrogen-bond acceptors (Lipinski definition) is 4. The van der Waals surface area contributed by atoms with Crippen LogP contribution in [0, 0.1) is 5.41 Å². The minimum absolute atomic E-state index is 0.288. The zero-order valence-electron chi connectivity index (χ0n) is 9.66. The number of aromatic nitrogens is 1. The Balaban J connectivity index is 1.89. The topological polar surface area (TPSA) is 57.2 Å². The van der Waals surface area contributed by atoms with Crippen molar-refractivity contribution >= 4 is 11.4 Å². The van der Waals surface area contributed by atoms with E-state index in [0.29, 0.717) is 5.41 Å². The summed E-state index contributed by atoms with van der Waals surface area (Å²) >= 11 is 0. The van der Waals surface area contributed by atoms with E-state index in [1.54, 1.807) is 6.20 Å². The largest absolute Gasteiger partial charge is 0.396 e. The van der Waals surface area contributed by atoms with Crippen molar-refractivity contribution in [2.45, 2.75) is 19.3 Å². The third kappa shape index (κ3) is 2.64. The van der Waals surface area contributed by atoms with Gasteiger partial charge in [-0.3, -0.25) is 4.98 Å². The summed E-state index contributed by atoms with van der Waals surface area (Å²) in [6, 6.07) is 2.04. The van der Waals surface area contributed by atoms with Gasteiger partial charge in [0.1, 0.15) is 0 Å². The molecular weight excluding hydrogens is 202 g/mol. The van der Waals surface area contributed by atoms with E-state index >= 15 is 0 Å². The van der Waals surface area contributed by atoms with Gasteiger partial charge < -0.3 is 15.7 Å². The normalized spacial score (nSPS) is 16.9. The molecule has 0 unspecified atom stereocenters. The minimum atomic E-state index is 0.288. The summed E-state index contributed by atoms with van der Waals surface area (Å²) in [5, 5.41) is 15.4. The van der Waals surface area contributed by atoms with Gasteiger partial charge in [0, 0.05) is 20.2 Å². The van der Waals surface area contributed by atoms with Gasteiger partial charge in [0.2, 0.25) is 0 Å². The first-order valence-corrected chi connectivity index (χ1v) is 5.76. The third-order valence-corrected chi connectivity index (χ3v) is 3.29. The van der Waals surface area contributed by atoms with Gasteiger partial charge >= 0.3 is 0 Å². The van der Waals surface area contributed by atoms with Crippen LogP contribution in [0.1, 0.15) is 19.3 Å². The Kier molecular flexibility index (Phi) is 3.29. The lowest BCUT2D eigenvalue weighted by molar-refractivity contribution is 0.253. The number of pyridine rings is 1. The van der Waals surface area contributed by atoms with Crippen molar-refractivity contribution in [3.05, 3.63) is 18.5 Å². The average Bonchev–Trinajstić information content (AvgIpc) is 3.08. The van der Waals surface area contributed by atoms with Crippen LogP contribution in [0.25, 0.3) is 0 Å². The van der Waals surface area contributed by atoms with E-state index < -0.39 is 0 Å². The predicted octanol–water partition coefficient (Wildman–Crippen LogP) is 1.70. The summed E-state index contributed by atoms with van der Waals surface area (Å²) in [6.07, 6.45) is 6.97. The van der Waals surface area contributed by atoms with Crippen molar-refractivity contribution in [1.29, 1.82) is 0 Å². The number of nitrogens with one attached hydrogen (secondary N) is 2. The predicted molar refractivity (Wildman–Crippen MR) is 65.6 cm³/mol. The average molecular weight is 221 g/mol. The van der Waals surface area contributed by atoms with Gasteiger partial charge in [-0.05, 0) is 30.7 Å². The summed E-state index contributed by atoms with van der Waals surface area (Å²) < 4.78 is 0. The Morgan fingerprint density at radius 2 is 2.12 bits per heavy atom. The number of anilines is 2. The number of nitrogens with zero attached hydrogens (tertiary/aromatic N) is 1.